The van der Waals surface area contributed by atoms with E-state index < -0.39 is 11.9 Å². The number of ether oxygens (including phenoxy) is 2. The number of hydrogen-bond acceptors (Lipinski definition) is 5. The first kappa shape index (κ1) is 12.1. The van der Waals surface area contributed by atoms with E-state index >= 15 is 0 Å². The molecule has 16 heavy (non-hydrogen) atoms. The van der Waals surface area contributed by atoms with Gasteiger partial charge in [0.15, 0.2) is 5.70 Å². The molecule has 1 rings (SSSR count). The van der Waals surface area contributed by atoms with E-state index in [-0.39, 0.29) is 30.3 Å². The van der Waals surface area contributed by atoms with E-state index in [1.54, 1.807) is 13.8 Å². The van der Waals surface area contributed by atoms with Gasteiger partial charge in [0.05, 0.1) is 13.2 Å². The normalized spacial score (nSPS) is 14.2. The highest BCUT2D eigenvalue weighted by Gasteiger charge is 2.26. The Balaban J connectivity index is 2.75. The van der Waals surface area contributed by atoms with Crippen molar-refractivity contribution >= 4 is 11.9 Å². The summed E-state index contributed by atoms with van der Waals surface area (Å²) in [4.78, 5) is 22.7. The Bertz CT molecular complexity index is 371. The van der Waals surface area contributed by atoms with Crippen molar-refractivity contribution in [3.05, 3.63) is 23.2 Å². The third-order valence-corrected chi connectivity index (χ3v) is 1.78. The molecular formula is C10H13N2O4. The molecule has 0 spiro atoms. The van der Waals surface area contributed by atoms with Crippen LogP contribution in [0.3, 0.4) is 0 Å². The fraction of sp³-hybridized carbons (Fsp3) is 0.400. The number of rotatable bonds is 4. The van der Waals surface area contributed by atoms with Crippen molar-refractivity contribution in [2.24, 2.45) is 5.73 Å². The van der Waals surface area contributed by atoms with Gasteiger partial charge in [-0.25, -0.2) is 14.9 Å². The number of nitrogens with two attached hydrogens (primary N) is 1. The van der Waals surface area contributed by atoms with Gasteiger partial charge in [0.25, 0.3) is 0 Å². The van der Waals surface area contributed by atoms with E-state index in [1.807, 2.05) is 0 Å². The first-order valence-electron chi connectivity index (χ1n) is 4.87. The Kier molecular flexibility index (Phi) is 3.93. The third-order valence-electron chi connectivity index (χ3n) is 1.78. The summed E-state index contributed by atoms with van der Waals surface area (Å²) in [5, 5.41) is 3.73. The van der Waals surface area contributed by atoms with Crippen molar-refractivity contribution in [2.75, 3.05) is 13.2 Å². The van der Waals surface area contributed by atoms with Crippen molar-refractivity contribution in [3.8, 4) is 0 Å². The molecule has 0 fully saturated rings. The molecule has 0 atom stereocenters. The largest absolute Gasteiger partial charge is 0.462 e. The Morgan fingerprint density at radius 2 is 1.81 bits per heavy atom. The summed E-state index contributed by atoms with van der Waals surface area (Å²) in [6.45, 7) is 3.83. The van der Waals surface area contributed by atoms with Crippen molar-refractivity contribution in [2.45, 2.75) is 13.8 Å². The van der Waals surface area contributed by atoms with Crippen molar-refractivity contribution < 1.29 is 19.1 Å². The predicted molar refractivity (Wildman–Crippen MR) is 54.7 cm³/mol. The van der Waals surface area contributed by atoms with Gasteiger partial charge in [-0.15, -0.1) is 0 Å². The average molecular weight is 225 g/mol. The second-order valence-electron chi connectivity index (χ2n) is 2.88. The lowest BCUT2D eigenvalue weighted by Crippen LogP contribution is -2.18. The minimum atomic E-state index is -0.607. The highest BCUT2D eigenvalue weighted by Crippen LogP contribution is 2.16. The third kappa shape index (κ3) is 2.53. The van der Waals surface area contributed by atoms with Gasteiger partial charge in [-0.1, -0.05) is 0 Å². The molecule has 1 heterocycles. The lowest BCUT2D eigenvalue weighted by atomic mass is 10.2. The van der Waals surface area contributed by atoms with Gasteiger partial charge < -0.3 is 15.2 Å². The van der Waals surface area contributed by atoms with Crippen LogP contribution in [-0.2, 0) is 19.1 Å². The molecule has 0 bridgehead atoms. The molecule has 0 aromatic rings. The Morgan fingerprint density at radius 3 is 2.38 bits per heavy atom. The van der Waals surface area contributed by atoms with Crippen LogP contribution in [0.25, 0.3) is 0 Å². The molecule has 6 nitrogen and oxygen atoms in total. The number of carbonyl (C=O) groups excluding carboxylic acids is 2. The second kappa shape index (κ2) is 5.20. The van der Waals surface area contributed by atoms with Gasteiger partial charge in [-0.2, -0.15) is 0 Å². The molecule has 6 heteroatoms. The van der Waals surface area contributed by atoms with Gasteiger partial charge in [-0.3, -0.25) is 0 Å². The fourth-order valence-corrected chi connectivity index (χ4v) is 1.11. The van der Waals surface area contributed by atoms with Gasteiger partial charge in [-0.05, 0) is 19.9 Å². The van der Waals surface area contributed by atoms with Gasteiger partial charge >= 0.3 is 11.9 Å². The minimum Gasteiger partial charge on any atom is -0.462 e. The smallest absolute Gasteiger partial charge is 0.357 e. The maximum atomic E-state index is 11.4. The van der Waals surface area contributed by atoms with E-state index in [1.165, 1.54) is 6.08 Å². The molecule has 0 saturated heterocycles. The molecule has 0 aromatic carbocycles. The van der Waals surface area contributed by atoms with Gasteiger partial charge in [0.1, 0.15) is 11.4 Å². The molecule has 1 aliphatic heterocycles. The standard InChI is InChI=1S/C10H13N2O4/c1-3-15-9(13)6-5-7(12-8(6)11)10(14)16-4-2/h5H,3-4,11H2,1-2H3. The summed E-state index contributed by atoms with van der Waals surface area (Å²) >= 11 is 0. The van der Waals surface area contributed by atoms with Crippen molar-refractivity contribution in [1.82, 2.24) is 5.32 Å². The van der Waals surface area contributed by atoms with Crippen LogP contribution in [-0.4, -0.2) is 25.2 Å². The number of esters is 2. The fourth-order valence-electron chi connectivity index (χ4n) is 1.11. The minimum absolute atomic E-state index is 0.0161. The summed E-state index contributed by atoms with van der Waals surface area (Å²) in [6.07, 6.45) is 1.27. The maximum Gasteiger partial charge on any atom is 0.357 e. The quantitative estimate of drug-likeness (QED) is 0.668. The van der Waals surface area contributed by atoms with Crippen LogP contribution in [0.5, 0.6) is 0 Å². The lowest BCUT2D eigenvalue weighted by Gasteiger charge is -2.01. The van der Waals surface area contributed by atoms with Crippen LogP contribution in [0.4, 0.5) is 0 Å². The summed E-state index contributed by atoms with van der Waals surface area (Å²) in [5.41, 5.74) is 5.59. The zero-order valence-corrected chi connectivity index (χ0v) is 9.15. The molecule has 0 saturated carbocycles. The molecular weight excluding hydrogens is 212 g/mol. The summed E-state index contributed by atoms with van der Waals surface area (Å²) in [5.74, 6) is -1.23. The first-order valence-corrected chi connectivity index (χ1v) is 4.87. The molecule has 1 aliphatic rings. The monoisotopic (exact) mass is 225 g/mol. The maximum absolute atomic E-state index is 11.4. The number of carbonyl (C=O) groups is 2. The number of nitrogens with zero attached hydrogens (tertiary/aromatic N) is 1. The molecule has 2 N–H and O–H groups in total. The molecule has 0 unspecified atom stereocenters. The summed E-state index contributed by atoms with van der Waals surface area (Å²) in [6, 6.07) is 0. The zero-order chi connectivity index (χ0) is 12.1. The molecule has 87 valence electrons. The van der Waals surface area contributed by atoms with Crippen molar-refractivity contribution in [1.29, 1.82) is 0 Å². The van der Waals surface area contributed by atoms with E-state index in [9.17, 15) is 9.59 Å². The molecule has 0 aromatic heterocycles. The number of hydrogen-bond donors (Lipinski definition) is 1. The van der Waals surface area contributed by atoms with E-state index in [0.29, 0.717) is 0 Å². The SMILES string of the molecule is CCOC(=O)C1=CC(C(=O)OCC)=C(N)[N]1. The zero-order valence-electron chi connectivity index (χ0n) is 9.15. The molecule has 1 radical (unpaired) electrons. The van der Waals surface area contributed by atoms with E-state index in [0.717, 1.165) is 0 Å². The predicted octanol–water partition coefficient (Wildman–Crippen LogP) is -0.215. The Morgan fingerprint density at radius 1 is 1.25 bits per heavy atom. The van der Waals surface area contributed by atoms with Crippen LogP contribution in [0.15, 0.2) is 23.2 Å². The Hall–Kier alpha value is -1.98. The molecule has 0 aliphatic carbocycles. The van der Waals surface area contributed by atoms with Crippen LogP contribution in [0.2, 0.25) is 0 Å². The lowest BCUT2D eigenvalue weighted by molar-refractivity contribution is -0.139. The molecule has 0 amide bonds. The summed E-state index contributed by atoms with van der Waals surface area (Å²) < 4.78 is 9.48. The highest BCUT2D eigenvalue weighted by molar-refractivity contribution is 5.98. The Labute approximate surface area is 93.1 Å². The van der Waals surface area contributed by atoms with E-state index in [4.69, 9.17) is 15.2 Å². The second-order valence-corrected chi connectivity index (χ2v) is 2.88. The van der Waals surface area contributed by atoms with Crippen LogP contribution < -0.4 is 11.1 Å². The van der Waals surface area contributed by atoms with Crippen LogP contribution >= 0.6 is 0 Å². The van der Waals surface area contributed by atoms with Crippen LogP contribution in [0, 0.1) is 0 Å². The topological polar surface area (TPSA) is 92.7 Å². The van der Waals surface area contributed by atoms with E-state index in [2.05, 4.69) is 5.32 Å². The van der Waals surface area contributed by atoms with Gasteiger partial charge in [0, 0.05) is 0 Å². The van der Waals surface area contributed by atoms with Gasteiger partial charge in [0.2, 0.25) is 0 Å². The summed E-state index contributed by atoms with van der Waals surface area (Å²) in [7, 11) is 0. The first-order chi connectivity index (χ1) is 7.60. The highest BCUT2D eigenvalue weighted by atomic mass is 16.5. The van der Waals surface area contributed by atoms with Crippen LogP contribution in [0.1, 0.15) is 13.8 Å². The average Bonchev–Trinajstić information content (AvgIpc) is 2.61. The van der Waals surface area contributed by atoms with Crippen molar-refractivity contribution in [3.63, 3.8) is 0 Å².